The molecule has 0 saturated carbocycles. The summed E-state index contributed by atoms with van der Waals surface area (Å²) in [7, 11) is 0. The first-order valence-corrected chi connectivity index (χ1v) is 8.34. The van der Waals surface area contributed by atoms with Gasteiger partial charge in [0.25, 0.3) is 0 Å². The third-order valence-corrected chi connectivity index (χ3v) is 3.96. The van der Waals surface area contributed by atoms with Crippen LogP contribution in [0.1, 0.15) is 18.1 Å². The number of hydrogen-bond acceptors (Lipinski definition) is 3. The highest BCUT2D eigenvalue weighted by molar-refractivity contribution is 14.1. The number of amides is 1. The van der Waals surface area contributed by atoms with E-state index in [4.69, 9.17) is 4.74 Å². The number of carbonyl (C=O) groups excluding carboxylic acids is 2. The molecule has 0 aromatic heterocycles. The molecule has 0 aliphatic rings. The molecule has 1 amide bonds. The Kier molecular flexibility index (Phi) is 6.58. The molecule has 1 atom stereocenters. The zero-order chi connectivity index (χ0) is 16.7. The summed E-state index contributed by atoms with van der Waals surface area (Å²) >= 11 is 2.22. The molecule has 0 fully saturated rings. The fourth-order valence-electron chi connectivity index (χ4n) is 2.12. The molecular weight excluding hydrogens is 405 g/mol. The predicted molar refractivity (Wildman–Crippen MR) is 96.7 cm³/mol. The van der Waals surface area contributed by atoms with Crippen LogP contribution in [0.15, 0.2) is 54.6 Å². The summed E-state index contributed by atoms with van der Waals surface area (Å²) in [5.74, 6) is -0.681. The molecule has 0 radical (unpaired) electrons. The van der Waals surface area contributed by atoms with Crippen LogP contribution in [-0.2, 0) is 27.4 Å². The number of carbonyl (C=O) groups is 2. The summed E-state index contributed by atoms with van der Waals surface area (Å²) in [5.41, 5.74) is 1.89. The van der Waals surface area contributed by atoms with Crippen molar-refractivity contribution in [2.75, 3.05) is 0 Å². The lowest BCUT2D eigenvalue weighted by molar-refractivity contribution is -0.149. The van der Waals surface area contributed by atoms with Crippen LogP contribution >= 0.6 is 22.6 Å². The maximum Gasteiger partial charge on any atom is 0.329 e. The Morgan fingerprint density at radius 3 is 2.30 bits per heavy atom. The lowest BCUT2D eigenvalue weighted by atomic mass is 10.1. The number of ether oxygens (including phenoxy) is 1. The molecule has 23 heavy (non-hydrogen) atoms. The van der Waals surface area contributed by atoms with Crippen molar-refractivity contribution in [3.63, 3.8) is 0 Å². The molecular formula is C18H18INO3. The Labute approximate surface area is 149 Å². The van der Waals surface area contributed by atoms with E-state index in [1.807, 2.05) is 54.6 Å². The Bertz CT molecular complexity index is 656. The smallest absolute Gasteiger partial charge is 0.329 e. The zero-order valence-corrected chi connectivity index (χ0v) is 14.9. The molecule has 0 bridgehead atoms. The molecule has 0 spiro atoms. The molecule has 120 valence electrons. The van der Waals surface area contributed by atoms with Crippen LogP contribution in [-0.4, -0.2) is 17.9 Å². The number of nitrogens with one attached hydrogen (secondary N) is 1. The molecule has 0 aliphatic carbocycles. The number of esters is 1. The third kappa shape index (κ3) is 6.02. The maximum absolute atomic E-state index is 12.3. The monoisotopic (exact) mass is 423 g/mol. The van der Waals surface area contributed by atoms with Gasteiger partial charge in [0, 0.05) is 16.9 Å². The summed E-state index contributed by atoms with van der Waals surface area (Å²) in [6, 6.07) is 16.6. The maximum atomic E-state index is 12.3. The summed E-state index contributed by atoms with van der Waals surface area (Å²) < 4.78 is 6.45. The summed E-state index contributed by atoms with van der Waals surface area (Å²) in [5, 5.41) is 2.66. The number of hydrogen-bond donors (Lipinski definition) is 1. The van der Waals surface area contributed by atoms with Crippen LogP contribution in [0.5, 0.6) is 0 Å². The Morgan fingerprint density at radius 2 is 1.70 bits per heavy atom. The first-order valence-electron chi connectivity index (χ1n) is 7.26. The average molecular weight is 423 g/mol. The van der Waals surface area contributed by atoms with Gasteiger partial charge in [0.2, 0.25) is 5.91 Å². The van der Waals surface area contributed by atoms with Gasteiger partial charge in [-0.05, 0) is 45.9 Å². The normalized spacial score (nSPS) is 11.6. The lowest BCUT2D eigenvalue weighted by Crippen LogP contribution is -2.42. The second-order valence-electron chi connectivity index (χ2n) is 5.18. The average Bonchev–Trinajstić information content (AvgIpc) is 2.54. The number of rotatable bonds is 6. The minimum Gasteiger partial charge on any atom is -0.459 e. The van der Waals surface area contributed by atoms with Crippen molar-refractivity contribution in [2.45, 2.75) is 26.0 Å². The van der Waals surface area contributed by atoms with Crippen molar-refractivity contribution < 1.29 is 14.3 Å². The fraction of sp³-hybridized carbons (Fsp3) is 0.222. The van der Waals surface area contributed by atoms with Gasteiger partial charge >= 0.3 is 5.97 Å². The largest absolute Gasteiger partial charge is 0.459 e. The van der Waals surface area contributed by atoms with Gasteiger partial charge < -0.3 is 10.1 Å². The van der Waals surface area contributed by atoms with Crippen LogP contribution in [0, 0.1) is 3.57 Å². The van der Waals surface area contributed by atoms with Crippen LogP contribution in [0.25, 0.3) is 0 Å². The van der Waals surface area contributed by atoms with Crippen LogP contribution in [0.2, 0.25) is 0 Å². The van der Waals surface area contributed by atoms with E-state index in [1.54, 1.807) is 0 Å². The van der Waals surface area contributed by atoms with E-state index < -0.39 is 12.0 Å². The topological polar surface area (TPSA) is 55.4 Å². The van der Waals surface area contributed by atoms with E-state index >= 15 is 0 Å². The fourth-order valence-corrected chi connectivity index (χ4v) is 2.48. The zero-order valence-electron chi connectivity index (χ0n) is 12.8. The molecule has 2 aromatic rings. The standard InChI is InChI=1S/C18H18INO3/c1-13(21)20-17(11-14-7-9-16(19)10-8-14)18(22)23-12-15-5-3-2-4-6-15/h2-10,17H,11-12H2,1H3,(H,20,21)/t17-/m0/s1. The Morgan fingerprint density at radius 1 is 1.04 bits per heavy atom. The first kappa shape index (κ1) is 17.5. The van der Waals surface area contributed by atoms with Crippen molar-refractivity contribution in [1.82, 2.24) is 5.32 Å². The highest BCUT2D eigenvalue weighted by atomic mass is 127. The van der Waals surface area contributed by atoms with Crippen molar-refractivity contribution in [3.05, 3.63) is 69.3 Å². The van der Waals surface area contributed by atoms with E-state index in [1.165, 1.54) is 6.92 Å². The van der Waals surface area contributed by atoms with Gasteiger partial charge in [0.1, 0.15) is 12.6 Å². The Hall–Kier alpha value is -1.89. The molecule has 1 N–H and O–H groups in total. The molecule has 4 nitrogen and oxygen atoms in total. The van der Waals surface area contributed by atoms with E-state index in [0.29, 0.717) is 6.42 Å². The highest BCUT2D eigenvalue weighted by Crippen LogP contribution is 2.10. The van der Waals surface area contributed by atoms with E-state index in [0.717, 1.165) is 14.7 Å². The van der Waals surface area contributed by atoms with Gasteiger partial charge in [-0.1, -0.05) is 42.5 Å². The SMILES string of the molecule is CC(=O)N[C@@H](Cc1ccc(I)cc1)C(=O)OCc1ccccc1. The van der Waals surface area contributed by atoms with Crippen molar-refractivity contribution in [1.29, 1.82) is 0 Å². The van der Waals surface area contributed by atoms with Crippen LogP contribution in [0.3, 0.4) is 0 Å². The van der Waals surface area contributed by atoms with E-state index in [2.05, 4.69) is 27.9 Å². The van der Waals surface area contributed by atoms with Crippen LogP contribution < -0.4 is 5.32 Å². The van der Waals surface area contributed by atoms with Gasteiger partial charge in [-0.2, -0.15) is 0 Å². The van der Waals surface area contributed by atoms with Crippen LogP contribution in [0.4, 0.5) is 0 Å². The van der Waals surface area contributed by atoms with E-state index in [-0.39, 0.29) is 12.5 Å². The minimum atomic E-state index is -0.684. The Balaban J connectivity index is 2.00. The van der Waals surface area contributed by atoms with Crippen molar-refractivity contribution in [2.24, 2.45) is 0 Å². The summed E-state index contributed by atoms with van der Waals surface area (Å²) in [6.45, 7) is 1.59. The van der Waals surface area contributed by atoms with Gasteiger partial charge in [-0.15, -0.1) is 0 Å². The molecule has 0 heterocycles. The second-order valence-corrected chi connectivity index (χ2v) is 6.42. The number of halogens is 1. The van der Waals surface area contributed by atoms with Crippen molar-refractivity contribution in [3.8, 4) is 0 Å². The number of benzene rings is 2. The van der Waals surface area contributed by atoms with E-state index in [9.17, 15) is 9.59 Å². The van der Waals surface area contributed by atoms with Gasteiger partial charge in [-0.3, -0.25) is 4.79 Å². The van der Waals surface area contributed by atoms with Gasteiger partial charge in [-0.25, -0.2) is 4.79 Å². The molecule has 2 aromatic carbocycles. The third-order valence-electron chi connectivity index (χ3n) is 3.24. The molecule has 0 aliphatic heterocycles. The highest BCUT2D eigenvalue weighted by Gasteiger charge is 2.21. The van der Waals surface area contributed by atoms with Gasteiger partial charge in [0.15, 0.2) is 0 Å². The quantitative estimate of drug-likeness (QED) is 0.574. The molecule has 0 saturated heterocycles. The molecule has 2 rings (SSSR count). The summed E-state index contributed by atoms with van der Waals surface area (Å²) in [4.78, 5) is 23.6. The predicted octanol–water partition coefficient (Wildman–Crippen LogP) is 3.08. The minimum absolute atomic E-state index is 0.197. The lowest BCUT2D eigenvalue weighted by Gasteiger charge is -2.17. The summed E-state index contributed by atoms with van der Waals surface area (Å²) in [6.07, 6.45) is 0.407. The van der Waals surface area contributed by atoms with Crippen molar-refractivity contribution >= 4 is 34.5 Å². The molecule has 0 unspecified atom stereocenters. The first-order chi connectivity index (χ1) is 11.0. The molecule has 5 heteroatoms. The second kappa shape index (κ2) is 8.67. The van der Waals surface area contributed by atoms with Gasteiger partial charge in [0.05, 0.1) is 0 Å².